The van der Waals surface area contributed by atoms with E-state index in [1.807, 2.05) is 61.5 Å². The molecule has 46 heavy (non-hydrogen) atoms. The van der Waals surface area contributed by atoms with Crippen LogP contribution in [0.5, 0.6) is 0 Å². The van der Waals surface area contributed by atoms with Gasteiger partial charge in [0.1, 0.15) is 11.6 Å². The van der Waals surface area contributed by atoms with E-state index in [-0.39, 0.29) is 22.8 Å². The van der Waals surface area contributed by atoms with Crippen molar-refractivity contribution in [1.29, 1.82) is 0 Å². The van der Waals surface area contributed by atoms with Crippen LogP contribution in [0.4, 0.5) is 40.0 Å². The van der Waals surface area contributed by atoms with E-state index in [0.717, 1.165) is 28.9 Å². The van der Waals surface area contributed by atoms with Crippen LogP contribution in [0.25, 0.3) is 5.69 Å². The molecule has 3 N–H and O–H groups in total. The van der Waals surface area contributed by atoms with Crippen molar-refractivity contribution in [3.8, 4) is 5.69 Å². The number of furan rings is 1. The molecule has 4 amide bonds. The summed E-state index contributed by atoms with van der Waals surface area (Å²) in [6.07, 6.45) is -2.57. The van der Waals surface area contributed by atoms with Crippen molar-refractivity contribution in [2.45, 2.75) is 65.5 Å². The Morgan fingerprint density at radius 2 is 1.63 bits per heavy atom. The second-order valence-corrected chi connectivity index (χ2v) is 12.9. The highest BCUT2D eigenvalue weighted by Crippen LogP contribution is 2.37. The Morgan fingerprint density at radius 3 is 2.28 bits per heavy atom. The summed E-state index contributed by atoms with van der Waals surface area (Å²) in [7, 11) is 0. The fraction of sp³-hybridized carbons (Fsp3) is 0.382. The van der Waals surface area contributed by atoms with Crippen molar-refractivity contribution in [2.24, 2.45) is 5.92 Å². The molecule has 12 heteroatoms. The number of alkyl halides is 3. The van der Waals surface area contributed by atoms with Gasteiger partial charge in [0.25, 0.3) is 0 Å². The van der Waals surface area contributed by atoms with Gasteiger partial charge in [-0.3, -0.25) is 5.32 Å². The lowest BCUT2D eigenvalue weighted by Gasteiger charge is -2.32. The third-order valence-corrected chi connectivity index (χ3v) is 7.96. The molecule has 3 heterocycles. The summed E-state index contributed by atoms with van der Waals surface area (Å²) in [4.78, 5) is 27.4. The molecule has 0 saturated carbocycles. The van der Waals surface area contributed by atoms with Crippen molar-refractivity contribution < 1.29 is 27.2 Å². The summed E-state index contributed by atoms with van der Waals surface area (Å²) in [6, 6.07) is 17.6. The zero-order valence-electron chi connectivity index (χ0n) is 26.6. The maximum Gasteiger partial charge on any atom is 0.451 e. The number of likely N-dealkylation sites (tertiary alicyclic amines) is 1. The second-order valence-electron chi connectivity index (χ2n) is 12.9. The van der Waals surface area contributed by atoms with Gasteiger partial charge in [-0.1, -0.05) is 50.6 Å². The summed E-state index contributed by atoms with van der Waals surface area (Å²) < 4.78 is 46.2. The highest BCUT2D eigenvalue weighted by molar-refractivity contribution is 5.99. The SMILES string of the molecule is Cc1ccc(-n2nc(C(C)(C)C)cc2NC(=O)Nc2cccc(CC3CCN(C(=O)Nc4cc(C)oc4C(F)(F)F)CC3)c2)cc1. The van der Waals surface area contributed by atoms with Crippen LogP contribution in [-0.4, -0.2) is 39.8 Å². The molecule has 4 aromatic rings. The third-order valence-electron chi connectivity index (χ3n) is 7.96. The Balaban J connectivity index is 1.17. The standard InChI is InChI=1S/C34H39F3N6O3/c1-21-9-11-26(12-10-21)43-29(20-28(41-43)33(3,4)5)40-31(44)38-25-8-6-7-24(19-25)18-23-13-15-42(16-14-23)32(45)39-27-17-22(2)46-30(27)34(35,36)37/h6-12,17,19-20,23H,13-16,18H2,1-5H3,(H,39,45)(H2,38,40,44). The number of aromatic nitrogens is 2. The van der Waals surface area contributed by atoms with Crippen LogP contribution in [0.2, 0.25) is 0 Å². The highest BCUT2D eigenvalue weighted by Gasteiger charge is 2.39. The van der Waals surface area contributed by atoms with Gasteiger partial charge < -0.3 is 20.0 Å². The Bertz CT molecular complexity index is 1690. The first-order valence-corrected chi connectivity index (χ1v) is 15.2. The molecular weight excluding hydrogens is 597 g/mol. The van der Waals surface area contributed by atoms with Crippen molar-refractivity contribution in [2.75, 3.05) is 29.0 Å². The predicted molar refractivity (Wildman–Crippen MR) is 172 cm³/mol. The van der Waals surface area contributed by atoms with Gasteiger partial charge in [-0.2, -0.15) is 18.3 Å². The number of amides is 4. The highest BCUT2D eigenvalue weighted by atomic mass is 19.4. The topological polar surface area (TPSA) is 104 Å². The molecule has 244 valence electrons. The molecule has 9 nitrogen and oxygen atoms in total. The molecule has 0 radical (unpaired) electrons. The molecule has 0 unspecified atom stereocenters. The molecular formula is C34H39F3N6O3. The van der Waals surface area contributed by atoms with Gasteiger partial charge in [-0.05, 0) is 68.9 Å². The molecule has 1 aliphatic rings. The van der Waals surface area contributed by atoms with Crippen molar-refractivity contribution in [3.63, 3.8) is 0 Å². The van der Waals surface area contributed by atoms with E-state index in [9.17, 15) is 22.8 Å². The van der Waals surface area contributed by atoms with Gasteiger partial charge in [-0.25, -0.2) is 14.3 Å². The minimum absolute atomic E-state index is 0.0686. The first-order chi connectivity index (χ1) is 21.7. The lowest BCUT2D eigenvalue weighted by molar-refractivity contribution is -0.152. The van der Waals surface area contributed by atoms with Gasteiger partial charge in [0.2, 0.25) is 5.76 Å². The fourth-order valence-electron chi connectivity index (χ4n) is 5.46. The van der Waals surface area contributed by atoms with E-state index < -0.39 is 24.0 Å². The van der Waals surface area contributed by atoms with Gasteiger partial charge in [-0.15, -0.1) is 0 Å². The molecule has 1 fully saturated rings. The number of hydrogen-bond acceptors (Lipinski definition) is 4. The number of rotatable bonds is 6. The van der Waals surface area contributed by atoms with E-state index in [4.69, 9.17) is 9.52 Å². The average Bonchev–Trinajstić information content (AvgIpc) is 3.57. The predicted octanol–water partition coefficient (Wildman–Crippen LogP) is 8.53. The summed E-state index contributed by atoms with van der Waals surface area (Å²) >= 11 is 0. The maximum atomic E-state index is 13.3. The van der Waals surface area contributed by atoms with Crippen LogP contribution in [0.15, 0.2) is 65.1 Å². The summed E-state index contributed by atoms with van der Waals surface area (Å²) in [5.74, 6) is -0.313. The van der Waals surface area contributed by atoms with Gasteiger partial charge in [0, 0.05) is 36.3 Å². The lowest BCUT2D eigenvalue weighted by atomic mass is 9.90. The van der Waals surface area contributed by atoms with Crippen molar-refractivity contribution in [1.82, 2.24) is 14.7 Å². The van der Waals surface area contributed by atoms with Crippen LogP contribution >= 0.6 is 0 Å². The van der Waals surface area contributed by atoms with Crippen LogP contribution in [-0.2, 0) is 18.0 Å². The fourth-order valence-corrected chi connectivity index (χ4v) is 5.46. The summed E-state index contributed by atoms with van der Waals surface area (Å²) in [6.45, 7) is 10.4. The molecule has 2 aromatic heterocycles. The lowest BCUT2D eigenvalue weighted by Crippen LogP contribution is -2.41. The summed E-state index contributed by atoms with van der Waals surface area (Å²) in [5, 5.41) is 13.0. The van der Waals surface area contributed by atoms with Gasteiger partial charge in [0.05, 0.1) is 17.1 Å². The van der Waals surface area contributed by atoms with E-state index >= 15 is 0 Å². The number of hydrogen-bond donors (Lipinski definition) is 3. The average molecular weight is 637 g/mol. The number of halogens is 3. The number of anilines is 3. The zero-order valence-corrected chi connectivity index (χ0v) is 26.6. The minimum Gasteiger partial charge on any atom is -0.455 e. The Morgan fingerprint density at radius 1 is 0.935 bits per heavy atom. The molecule has 2 aromatic carbocycles. The van der Waals surface area contributed by atoms with Crippen LogP contribution < -0.4 is 16.0 Å². The van der Waals surface area contributed by atoms with E-state index in [1.54, 1.807) is 4.68 Å². The third kappa shape index (κ3) is 7.91. The zero-order chi connectivity index (χ0) is 33.2. The van der Waals surface area contributed by atoms with E-state index in [0.29, 0.717) is 37.4 Å². The number of piperidine rings is 1. The summed E-state index contributed by atoms with van der Waals surface area (Å²) in [5.41, 5.74) is 3.89. The molecule has 1 aliphatic heterocycles. The smallest absolute Gasteiger partial charge is 0.451 e. The number of carbonyl (C=O) groups is 2. The first kappa shape index (κ1) is 32.6. The van der Waals surface area contributed by atoms with Crippen LogP contribution in [0.1, 0.15) is 62.0 Å². The molecule has 0 spiro atoms. The largest absolute Gasteiger partial charge is 0.455 e. The molecule has 5 rings (SSSR count). The van der Waals surface area contributed by atoms with Crippen LogP contribution in [0, 0.1) is 19.8 Å². The number of carbonyl (C=O) groups excluding carboxylic acids is 2. The maximum absolute atomic E-state index is 13.3. The minimum atomic E-state index is -4.70. The second kappa shape index (κ2) is 12.9. The van der Waals surface area contributed by atoms with Gasteiger partial charge >= 0.3 is 18.2 Å². The number of nitrogens with zero attached hydrogens (tertiary/aromatic N) is 3. The van der Waals surface area contributed by atoms with E-state index in [1.165, 1.54) is 17.9 Å². The Hall–Kier alpha value is -4.74. The van der Waals surface area contributed by atoms with E-state index in [2.05, 4.69) is 36.7 Å². The number of aryl methyl sites for hydroxylation is 2. The Labute approximate surface area is 266 Å². The molecule has 0 atom stereocenters. The number of urea groups is 2. The molecule has 0 bridgehead atoms. The molecule has 0 aliphatic carbocycles. The van der Waals surface area contributed by atoms with Crippen LogP contribution in [0.3, 0.4) is 0 Å². The number of benzene rings is 2. The van der Waals surface area contributed by atoms with Crippen molar-refractivity contribution in [3.05, 3.63) is 89.0 Å². The first-order valence-electron chi connectivity index (χ1n) is 15.2. The number of nitrogens with one attached hydrogen (secondary N) is 3. The van der Waals surface area contributed by atoms with Crippen molar-refractivity contribution >= 4 is 29.3 Å². The monoisotopic (exact) mass is 636 g/mol. The normalized spacial score (nSPS) is 14.3. The quantitative estimate of drug-likeness (QED) is 0.197. The molecule has 1 saturated heterocycles. The van der Waals surface area contributed by atoms with Gasteiger partial charge in [0.15, 0.2) is 0 Å². The Kier molecular flexibility index (Phi) is 9.18.